The fourth-order valence-electron chi connectivity index (χ4n) is 3.05. The SMILES string of the molecule is Cc1cccc(-n2c(C(C)(C)C)nc3c2CCNC3)c1C. The zero-order valence-corrected chi connectivity index (χ0v) is 13.7. The predicted octanol–water partition coefficient (Wildman–Crippen LogP) is 3.43. The van der Waals surface area contributed by atoms with Crippen LogP contribution >= 0.6 is 0 Å². The molecule has 0 fully saturated rings. The summed E-state index contributed by atoms with van der Waals surface area (Å²) in [6, 6.07) is 6.56. The Hall–Kier alpha value is -1.61. The first kappa shape index (κ1) is 14.3. The topological polar surface area (TPSA) is 29.9 Å². The quantitative estimate of drug-likeness (QED) is 0.869. The van der Waals surface area contributed by atoms with Gasteiger partial charge in [0.15, 0.2) is 0 Å². The summed E-state index contributed by atoms with van der Waals surface area (Å²) in [6.45, 7) is 13.1. The average Bonchev–Trinajstić information content (AvgIpc) is 2.81. The summed E-state index contributed by atoms with van der Waals surface area (Å²) in [4.78, 5) is 4.97. The lowest BCUT2D eigenvalue weighted by atomic mass is 9.95. The van der Waals surface area contributed by atoms with Gasteiger partial charge in [-0.1, -0.05) is 32.9 Å². The van der Waals surface area contributed by atoms with E-state index in [0.717, 1.165) is 19.5 Å². The molecule has 1 aliphatic heterocycles. The molecular weight excluding hydrogens is 258 g/mol. The molecule has 2 heterocycles. The highest BCUT2D eigenvalue weighted by atomic mass is 15.1. The fraction of sp³-hybridized carbons (Fsp3) is 0.500. The van der Waals surface area contributed by atoms with Gasteiger partial charge in [-0.25, -0.2) is 4.98 Å². The van der Waals surface area contributed by atoms with Crippen molar-refractivity contribution < 1.29 is 0 Å². The first-order valence-corrected chi connectivity index (χ1v) is 7.78. The summed E-state index contributed by atoms with van der Waals surface area (Å²) < 4.78 is 2.42. The summed E-state index contributed by atoms with van der Waals surface area (Å²) >= 11 is 0. The monoisotopic (exact) mass is 283 g/mol. The molecule has 0 saturated carbocycles. The normalized spacial score (nSPS) is 15.1. The minimum absolute atomic E-state index is 0.0352. The molecule has 3 nitrogen and oxygen atoms in total. The van der Waals surface area contributed by atoms with E-state index in [1.807, 2.05) is 0 Å². The number of rotatable bonds is 1. The van der Waals surface area contributed by atoms with Gasteiger partial charge in [0.05, 0.1) is 11.4 Å². The largest absolute Gasteiger partial charge is 0.311 e. The van der Waals surface area contributed by atoms with E-state index < -0.39 is 0 Å². The van der Waals surface area contributed by atoms with Crippen LogP contribution in [0, 0.1) is 13.8 Å². The van der Waals surface area contributed by atoms with Crippen molar-refractivity contribution in [3.05, 3.63) is 46.5 Å². The highest BCUT2D eigenvalue weighted by molar-refractivity contribution is 5.48. The molecule has 0 spiro atoms. The third-order valence-corrected chi connectivity index (χ3v) is 4.37. The fourth-order valence-corrected chi connectivity index (χ4v) is 3.05. The van der Waals surface area contributed by atoms with E-state index in [1.165, 1.54) is 34.0 Å². The number of fused-ring (bicyclic) bond motifs is 1. The molecular formula is C18H25N3. The zero-order chi connectivity index (χ0) is 15.2. The van der Waals surface area contributed by atoms with E-state index in [2.05, 4.69) is 62.7 Å². The van der Waals surface area contributed by atoms with E-state index in [0.29, 0.717) is 0 Å². The lowest BCUT2D eigenvalue weighted by Crippen LogP contribution is -2.25. The molecule has 1 aliphatic rings. The average molecular weight is 283 g/mol. The van der Waals surface area contributed by atoms with E-state index in [9.17, 15) is 0 Å². The Kier molecular flexibility index (Phi) is 3.40. The zero-order valence-electron chi connectivity index (χ0n) is 13.7. The predicted molar refractivity (Wildman–Crippen MR) is 87.1 cm³/mol. The second-order valence-corrected chi connectivity index (χ2v) is 7.06. The molecule has 2 aromatic rings. The van der Waals surface area contributed by atoms with E-state index in [1.54, 1.807) is 0 Å². The van der Waals surface area contributed by atoms with Gasteiger partial charge in [0.1, 0.15) is 5.82 Å². The van der Waals surface area contributed by atoms with E-state index in [-0.39, 0.29) is 5.41 Å². The van der Waals surface area contributed by atoms with Crippen molar-refractivity contribution in [2.45, 2.75) is 53.0 Å². The third kappa shape index (κ3) is 2.40. The molecule has 112 valence electrons. The van der Waals surface area contributed by atoms with Crippen LogP contribution in [0.3, 0.4) is 0 Å². The molecule has 0 amide bonds. The molecule has 0 radical (unpaired) electrons. The molecule has 1 aromatic heterocycles. The Labute approximate surface area is 127 Å². The molecule has 3 heteroatoms. The molecule has 21 heavy (non-hydrogen) atoms. The number of imidazole rings is 1. The van der Waals surface area contributed by atoms with E-state index >= 15 is 0 Å². The minimum atomic E-state index is 0.0352. The van der Waals surface area contributed by atoms with Crippen LogP contribution in [-0.2, 0) is 18.4 Å². The molecule has 0 atom stereocenters. The van der Waals surface area contributed by atoms with Gasteiger partial charge in [-0.2, -0.15) is 0 Å². The summed E-state index contributed by atoms with van der Waals surface area (Å²) in [5.41, 5.74) is 6.61. The number of nitrogens with one attached hydrogen (secondary N) is 1. The van der Waals surface area contributed by atoms with Crippen molar-refractivity contribution in [1.82, 2.24) is 14.9 Å². The molecule has 0 aliphatic carbocycles. The lowest BCUT2D eigenvalue weighted by molar-refractivity contribution is 0.532. The molecule has 1 N–H and O–H groups in total. The van der Waals surface area contributed by atoms with Crippen molar-refractivity contribution in [3.63, 3.8) is 0 Å². The number of benzene rings is 1. The van der Waals surface area contributed by atoms with Gasteiger partial charge in [0, 0.05) is 30.6 Å². The summed E-state index contributed by atoms with van der Waals surface area (Å²) in [5, 5.41) is 3.43. The van der Waals surface area contributed by atoms with E-state index in [4.69, 9.17) is 4.98 Å². The van der Waals surface area contributed by atoms with Gasteiger partial charge in [-0.05, 0) is 31.0 Å². The Balaban J connectivity index is 2.30. The summed E-state index contributed by atoms with van der Waals surface area (Å²) in [6.07, 6.45) is 1.05. The number of nitrogens with zero attached hydrogens (tertiary/aromatic N) is 2. The number of hydrogen-bond donors (Lipinski definition) is 1. The molecule has 0 saturated heterocycles. The number of aromatic nitrogens is 2. The van der Waals surface area contributed by atoms with Crippen molar-refractivity contribution in [1.29, 1.82) is 0 Å². The molecule has 3 rings (SSSR count). The van der Waals surface area contributed by atoms with Crippen LogP contribution in [0.1, 0.15) is 49.1 Å². The van der Waals surface area contributed by atoms with Crippen LogP contribution in [0.2, 0.25) is 0 Å². The van der Waals surface area contributed by atoms with Gasteiger partial charge in [-0.3, -0.25) is 4.57 Å². The van der Waals surface area contributed by atoms with Crippen LogP contribution in [0.25, 0.3) is 5.69 Å². The number of hydrogen-bond acceptors (Lipinski definition) is 2. The Morgan fingerprint density at radius 3 is 2.67 bits per heavy atom. The molecule has 0 unspecified atom stereocenters. The van der Waals surface area contributed by atoms with Gasteiger partial charge in [-0.15, -0.1) is 0 Å². The van der Waals surface area contributed by atoms with Crippen LogP contribution < -0.4 is 5.32 Å². The van der Waals surface area contributed by atoms with Gasteiger partial charge in [0.2, 0.25) is 0 Å². The number of aryl methyl sites for hydroxylation is 1. The lowest BCUT2D eigenvalue weighted by Gasteiger charge is -2.23. The maximum absolute atomic E-state index is 4.97. The van der Waals surface area contributed by atoms with Crippen molar-refractivity contribution >= 4 is 0 Å². The summed E-state index contributed by atoms with van der Waals surface area (Å²) in [5.74, 6) is 1.17. The van der Waals surface area contributed by atoms with Crippen LogP contribution in [0.4, 0.5) is 0 Å². The second kappa shape index (κ2) is 4.99. The first-order valence-electron chi connectivity index (χ1n) is 7.78. The molecule has 1 aromatic carbocycles. The highest BCUT2D eigenvalue weighted by Crippen LogP contribution is 2.31. The van der Waals surface area contributed by atoms with Crippen LogP contribution in [0.15, 0.2) is 18.2 Å². The Morgan fingerprint density at radius 1 is 1.19 bits per heavy atom. The maximum atomic E-state index is 4.97. The Bertz CT molecular complexity index is 675. The standard InChI is InChI=1S/C18H25N3/c1-12-7-6-8-15(13(12)2)21-16-9-10-19-11-14(16)20-17(21)18(3,4)5/h6-8,19H,9-11H2,1-5H3. The molecule has 0 bridgehead atoms. The van der Waals surface area contributed by atoms with Crippen LogP contribution in [-0.4, -0.2) is 16.1 Å². The minimum Gasteiger partial charge on any atom is -0.311 e. The maximum Gasteiger partial charge on any atom is 0.119 e. The Morgan fingerprint density at radius 2 is 1.95 bits per heavy atom. The van der Waals surface area contributed by atoms with Crippen molar-refractivity contribution in [2.75, 3.05) is 6.54 Å². The van der Waals surface area contributed by atoms with Gasteiger partial charge >= 0.3 is 0 Å². The summed E-state index contributed by atoms with van der Waals surface area (Å²) in [7, 11) is 0. The smallest absolute Gasteiger partial charge is 0.119 e. The van der Waals surface area contributed by atoms with Gasteiger partial charge < -0.3 is 5.32 Å². The third-order valence-electron chi connectivity index (χ3n) is 4.37. The highest BCUT2D eigenvalue weighted by Gasteiger charge is 2.28. The van der Waals surface area contributed by atoms with Crippen LogP contribution in [0.5, 0.6) is 0 Å². The van der Waals surface area contributed by atoms with Crippen molar-refractivity contribution in [3.8, 4) is 5.69 Å². The second-order valence-electron chi connectivity index (χ2n) is 7.06. The van der Waals surface area contributed by atoms with Gasteiger partial charge in [0.25, 0.3) is 0 Å². The van der Waals surface area contributed by atoms with Crippen molar-refractivity contribution in [2.24, 2.45) is 0 Å². The first-order chi connectivity index (χ1) is 9.89.